The second-order valence-electron chi connectivity index (χ2n) is 5.18. The van der Waals surface area contributed by atoms with E-state index >= 15 is 0 Å². The molecule has 6 nitrogen and oxygen atoms in total. The van der Waals surface area contributed by atoms with Crippen LogP contribution in [0, 0.1) is 0 Å². The van der Waals surface area contributed by atoms with Gasteiger partial charge in [-0.25, -0.2) is 4.79 Å². The van der Waals surface area contributed by atoms with Gasteiger partial charge in [-0.2, -0.15) is 0 Å². The average molecular weight is 347 g/mol. The Balaban J connectivity index is 2.45. The van der Waals surface area contributed by atoms with Gasteiger partial charge in [0.15, 0.2) is 0 Å². The Morgan fingerprint density at radius 2 is 2.20 bits per heavy atom. The third-order valence-corrected chi connectivity index (χ3v) is 2.51. The van der Waals surface area contributed by atoms with Crippen LogP contribution < -0.4 is 10.1 Å². The fourth-order valence-corrected chi connectivity index (χ4v) is 1.63. The van der Waals surface area contributed by atoms with E-state index in [2.05, 4.69) is 26.2 Å². The molecule has 1 aromatic rings. The molecule has 0 aromatic carbocycles. The summed E-state index contributed by atoms with van der Waals surface area (Å²) in [5.41, 5.74) is -0.584. The number of amides is 1. The first-order valence-corrected chi connectivity index (χ1v) is 6.93. The van der Waals surface area contributed by atoms with Gasteiger partial charge in [-0.1, -0.05) is 0 Å². The predicted octanol–water partition coefficient (Wildman–Crippen LogP) is 2.11. The van der Waals surface area contributed by atoms with E-state index in [0.717, 1.165) is 4.47 Å². The fourth-order valence-electron chi connectivity index (χ4n) is 1.28. The van der Waals surface area contributed by atoms with Crippen molar-refractivity contribution in [2.45, 2.75) is 32.4 Å². The highest BCUT2D eigenvalue weighted by Gasteiger charge is 2.19. The van der Waals surface area contributed by atoms with Crippen LogP contribution in [0.1, 0.15) is 20.8 Å². The minimum Gasteiger partial charge on any atom is -0.490 e. The lowest BCUT2D eigenvalue weighted by Gasteiger charge is -2.22. The van der Waals surface area contributed by atoms with Gasteiger partial charge < -0.3 is 19.9 Å². The minimum atomic E-state index is -0.590. The zero-order valence-electron chi connectivity index (χ0n) is 11.7. The Morgan fingerprint density at radius 1 is 1.50 bits per heavy atom. The standard InChI is InChI=1S/C13H19BrN2O4/c1-13(2,3)20-12(18)16-10(7-17)8-19-11-4-9(14)5-15-6-11/h4-6,10,17H,7-8H2,1-3H3,(H,16,18)/t10-/m0/s1. The number of nitrogens with zero attached hydrogens (tertiary/aromatic N) is 1. The molecule has 1 heterocycles. The molecule has 0 radical (unpaired) electrons. The molecule has 0 unspecified atom stereocenters. The maximum atomic E-state index is 11.6. The third kappa shape index (κ3) is 6.72. The van der Waals surface area contributed by atoms with E-state index in [1.54, 1.807) is 39.2 Å². The summed E-state index contributed by atoms with van der Waals surface area (Å²) in [5, 5.41) is 11.8. The van der Waals surface area contributed by atoms with Gasteiger partial charge in [0.25, 0.3) is 0 Å². The molecule has 0 aliphatic rings. The lowest BCUT2D eigenvalue weighted by atomic mass is 10.2. The number of carbonyl (C=O) groups excluding carboxylic acids is 1. The summed E-state index contributed by atoms with van der Waals surface area (Å²) in [5.74, 6) is 0.545. The number of aromatic nitrogens is 1. The number of rotatable bonds is 5. The van der Waals surface area contributed by atoms with Gasteiger partial charge in [0, 0.05) is 10.7 Å². The van der Waals surface area contributed by atoms with Crippen molar-refractivity contribution in [1.82, 2.24) is 10.3 Å². The molecule has 1 amide bonds. The van der Waals surface area contributed by atoms with Crippen molar-refractivity contribution < 1.29 is 19.4 Å². The summed E-state index contributed by atoms with van der Waals surface area (Å²) < 4.78 is 11.3. The number of aliphatic hydroxyl groups is 1. The van der Waals surface area contributed by atoms with Crippen molar-refractivity contribution in [3.05, 3.63) is 22.9 Å². The van der Waals surface area contributed by atoms with Crippen molar-refractivity contribution in [3.8, 4) is 5.75 Å². The van der Waals surface area contributed by atoms with Crippen LogP contribution >= 0.6 is 15.9 Å². The van der Waals surface area contributed by atoms with Crippen LogP contribution in [0.15, 0.2) is 22.9 Å². The quantitative estimate of drug-likeness (QED) is 0.853. The van der Waals surface area contributed by atoms with Crippen molar-refractivity contribution in [2.24, 2.45) is 0 Å². The first-order chi connectivity index (χ1) is 9.30. The molecule has 0 aliphatic heterocycles. The molecule has 1 atom stereocenters. The normalized spacial score (nSPS) is 12.7. The average Bonchev–Trinajstić information content (AvgIpc) is 2.32. The van der Waals surface area contributed by atoms with Crippen molar-refractivity contribution >= 4 is 22.0 Å². The molecule has 0 saturated carbocycles. The summed E-state index contributed by atoms with van der Waals surface area (Å²) in [7, 11) is 0. The van der Waals surface area contributed by atoms with Gasteiger partial charge in [-0.3, -0.25) is 4.98 Å². The fraction of sp³-hybridized carbons (Fsp3) is 0.538. The number of nitrogens with one attached hydrogen (secondary N) is 1. The highest BCUT2D eigenvalue weighted by atomic mass is 79.9. The van der Waals surface area contributed by atoms with Crippen LogP contribution in [0.25, 0.3) is 0 Å². The van der Waals surface area contributed by atoms with Crippen molar-refractivity contribution in [1.29, 1.82) is 0 Å². The maximum Gasteiger partial charge on any atom is 0.408 e. The topological polar surface area (TPSA) is 80.7 Å². The van der Waals surface area contributed by atoms with E-state index < -0.39 is 17.7 Å². The molecule has 1 rings (SSSR count). The maximum absolute atomic E-state index is 11.6. The molecule has 0 bridgehead atoms. The highest BCUT2D eigenvalue weighted by Crippen LogP contribution is 2.15. The van der Waals surface area contributed by atoms with Gasteiger partial charge in [0.1, 0.15) is 18.0 Å². The lowest BCUT2D eigenvalue weighted by Crippen LogP contribution is -2.44. The summed E-state index contributed by atoms with van der Waals surface area (Å²) >= 11 is 3.28. The summed E-state index contributed by atoms with van der Waals surface area (Å²) in [6.07, 6.45) is 2.59. The van der Waals surface area contributed by atoms with Crippen LogP contribution in [0.4, 0.5) is 4.79 Å². The number of halogens is 1. The van der Waals surface area contributed by atoms with Crippen LogP contribution in [0.5, 0.6) is 5.75 Å². The van der Waals surface area contributed by atoms with Gasteiger partial charge in [-0.15, -0.1) is 0 Å². The van der Waals surface area contributed by atoms with E-state index in [0.29, 0.717) is 5.75 Å². The number of ether oxygens (including phenoxy) is 2. The zero-order chi connectivity index (χ0) is 15.2. The summed E-state index contributed by atoms with van der Waals surface area (Å²) in [6, 6.07) is 1.19. The molecular formula is C13H19BrN2O4. The van der Waals surface area contributed by atoms with Crippen LogP contribution in [0.2, 0.25) is 0 Å². The number of hydrogen-bond acceptors (Lipinski definition) is 5. The van der Waals surface area contributed by atoms with E-state index in [1.165, 1.54) is 0 Å². The van der Waals surface area contributed by atoms with E-state index in [9.17, 15) is 9.90 Å². The number of pyridine rings is 1. The van der Waals surface area contributed by atoms with E-state index in [4.69, 9.17) is 9.47 Å². The lowest BCUT2D eigenvalue weighted by molar-refractivity contribution is 0.0458. The molecule has 112 valence electrons. The van der Waals surface area contributed by atoms with Gasteiger partial charge in [-0.05, 0) is 42.8 Å². The molecule has 7 heteroatoms. The minimum absolute atomic E-state index is 0.119. The molecule has 0 saturated heterocycles. The molecule has 0 aliphatic carbocycles. The van der Waals surface area contributed by atoms with Crippen LogP contribution in [-0.4, -0.2) is 41.0 Å². The molecule has 0 fully saturated rings. The SMILES string of the molecule is CC(C)(C)OC(=O)N[C@@H](CO)COc1cncc(Br)c1. The van der Waals surface area contributed by atoms with Gasteiger partial charge in [0.05, 0.1) is 18.8 Å². The Labute approximate surface area is 126 Å². The second-order valence-corrected chi connectivity index (χ2v) is 6.09. The van der Waals surface area contributed by atoms with Crippen molar-refractivity contribution in [2.75, 3.05) is 13.2 Å². The molecule has 20 heavy (non-hydrogen) atoms. The Bertz CT molecular complexity index is 448. The zero-order valence-corrected chi connectivity index (χ0v) is 13.3. The Hall–Kier alpha value is -1.34. The number of carbonyl (C=O) groups is 1. The third-order valence-electron chi connectivity index (χ3n) is 2.07. The number of hydrogen-bond donors (Lipinski definition) is 2. The highest BCUT2D eigenvalue weighted by molar-refractivity contribution is 9.10. The Kier molecular flexibility index (Phi) is 6.22. The van der Waals surface area contributed by atoms with E-state index in [1.807, 2.05) is 0 Å². The predicted molar refractivity (Wildman–Crippen MR) is 77.7 cm³/mol. The molecular weight excluding hydrogens is 328 g/mol. The number of aliphatic hydroxyl groups excluding tert-OH is 1. The summed E-state index contributed by atoms with van der Waals surface area (Å²) in [4.78, 5) is 15.5. The van der Waals surface area contributed by atoms with Gasteiger partial charge >= 0.3 is 6.09 Å². The largest absolute Gasteiger partial charge is 0.490 e. The van der Waals surface area contributed by atoms with Crippen LogP contribution in [0.3, 0.4) is 0 Å². The number of alkyl carbamates (subject to hydrolysis) is 1. The molecule has 2 N–H and O–H groups in total. The second kappa shape index (κ2) is 7.44. The Morgan fingerprint density at radius 3 is 2.75 bits per heavy atom. The first kappa shape index (κ1) is 16.7. The van der Waals surface area contributed by atoms with Crippen molar-refractivity contribution in [3.63, 3.8) is 0 Å². The first-order valence-electron chi connectivity index (χ1n) is 6.14. The smallest absolute Gasteiger partial charge is 0.408 e. The van der Waals surface area contributed by atoms with Crippen LogP contribution in [-0.2, 0) is 4.74 Å². The molecule has 0 spiro atoms. The van der Waals surface area contributed by atoms with Gasteiger partial charge in [0.2, 0.25) is 0 Å². The summed E-state index contributed by atoms with van der Waals surface area (Å²) in [6.45, 7) is 5.17. The van der Waals surface area contributed by atoms with E-state index in [-0.39, 0.29) is 13.2 Å². The monoisotopic (exact) mass is 346 g/mol. The molecule has 1 aromatic heterocycles.